The molecule has 0 aliphatic carbocycles. The van der Waals surface area contributed by atoms with Crippen LogP contribution in [0, 0.1) is 6.92 Å². The van der Waals surface area contributed by atoms with Crippen LogP contribution in [-0.2, 0) is 5.41 Å². The predicted octanol–water partition coefficient (Wildman–Crippen LogP) is 4.33. The van der Waals surface area contributed by atoms with Crippen LogP contribution in [0.25, 0.3) is 0 Å². The summed E-state index contributed by atoms with van der Waals surface area (Å²) in [5.41, 5.74) is 2.78. The molecule has 86 valence electrons. The summed E-state index contributed by atoms with van der Waals surface area (Å²) in [7, 11) is 1.71. The molecule has 1 rings (SSSR count). The van der Waals surface area contributed by atoms with Crippen molar-refractivity contribution in [2.24, 2.45) is 0 Å². The first-order valence-electron chi connectivity index (χ1n) is 5.60. The summed E-state index contributed by atoms with van der Waals surface area (Å²) in [5.74, 6) is 0.966. The lowest BCUT2D eigenvalue weighted by Crippen LogP contribution is -2.11. The summed E-state index contributed by atoms with van der Waals surface area (Å²) >= 11 is 0. The van der Waals surface area contributed by atoms with Gasteiger partial charge in [0.2, 0.25) is 0 Å². The highest BCUT2D eigenvalue weighted by molar-refractivity contribution is 5.38. The minimum absolute atomic E-state index is 0.219. The summed E-state index contributed by atoms with van der Waals surface area (Å²) in [6.45, 7) is 12.7. The Morgan fingerprint density at radius 1 is 1.07 bits per heavy atom. The van der Waals surface area contributed by atoms with Gasteiger partial charge in [0, 0.05) is 0 Å². The van der Waals surface area contributed by atoms with Gasteiger partial charge in [0.25, 0.3) is 0 Å². The molecule has 0 aromatic heterocycles. The van der Waals surface area contributed by atoms with Crippen LogP contribution < -0.4 is 4.74 Å². The minimum atomic E-state index is 0.219. The minimum Gasteiger partial charge on any atom is -0.496 e. The maximum Gasteiger partial charge on any atom is 0.121 e. The number of hydrogen-bond donors (Lipinski definition) is 0. The average Bonchev–Trinajstić information content (AvgIpc) is 2.19. The van der Waals surface area contributed by atoms with Crippen LogP contribution in [0.4, 0.5) is 0 Å². The van der Waals surface area contributed by atoms with Crippen LogP contribution in [0.15, 0.2) is 18.2 Å². The lowest BCUT2D eigenvalue weighted by molar-refractivity contribution is 0.411. The molecule has 0 amide bonds. The van der Waals surface area contributed by atoms with E-state index in [9.17, 15) is 0 Å². The van der Waals surface area contributed by atoms with Crippen molar-refractivity contribution in [1.29, 1.82) is 0 Å². The average molecular weight is 208 g/mol. The number of methoxy groups -OCH3 is 1. The fourth-order valence-electron chi connectivity index (χ4n) is 1.34. The van der Waals surface area contributed by atoms with E-state index >= 15 is 0 Å². The van der Waals surface area contributed by atoms with Crippen molar-refractivity contribution >= 4 is 0 Å². The molecule has 0 aliphatic heterocycles. The lowest BCUT2D eigenvalue weighted by atomic mass is 9.86. The maximum atomic E-state index is 5.21. The van der Waals surface area contributed by atoms with E-state index in [0.717, 1.165) is 5.75 Å². The van der Waals surface area contributed by atoms with Crippen LogP contribution in [0.2, 0.25) is 0 Å². The van der Waals surface area contributed by atoms with Crippen molar-refractivity contribution in [3.63, 3.8) is 0 Å². The molecule has 1 heteroatoms. The molecule has 0 radical (unpaired) electrons. The number of benzene rings is 1. The number of hydrogen-bond acceptors (Lipinski definition) is 1. The van der Waals surface area contributed by atoms with E-state index < -0.39 is 0 Å². The second-order valence-corrected chi connectivity index (χ2v) is 4.43. The highest BCUT2D eigenvalue weighted by Crippen LogP contribution is 2.27. The van der Waals surface area contributed by atoms with Gasteiger partial charge in [-0.25, -0.2) is 0 Å². The first-order valence-corrected chi connectivity index (χ1v) is 5.60. The van der Waals surface area contributed by atoms with Crippen LogP contribution in [0.3, 0.4) is 0 Å². The van der Waals surface area contributed by atoms with Crippen LogP contribution in [-0.4, -0.2) is 7.11 Å². The Morgan fingerprint density at radius 3 is 1.93 bits per heavy atom. The topological polar surface area (TPSA) is 9.23 Å². The zero-order chi connectivity index (χ0) is 12.1. The van der Waals surface area contributed by atoms with Crippen molar-refractivity contribution in [2.45, 2.75) is 47.0 Å². The van der Waals surface area contributed by atoms with Crippen molar-refractivity contribution in [2.75, 3.05) is 7.11 Å². The fourth-order valence-corrected chi connectivity index (χ4v) is 1.34. The molecule has 0 saturated carbocycles. The Kier molecular flexibility index (Phi) is 5.41. The Labute approximate surface area is 94.5 Å². The quantitative estimate of drug-likeness (QED) is 0.667. The molecule has 0 saturated heterocycles. The van der Waals surface area contributed by atoms with Gasteiger partial charge in [-0.15, -0.1) is 0 Å². The summed E-state index contributed by atoms with van der Waals surface area (Å²) < 4.78 is 5.21. The van der Waals surface area contributed by atoms with Gasteiger partial charge >= 0.3 is 0 Å². The fraction of sp³-hybridized carbons (Fsp3) is 0.571. The molecular formula is C14H24O. The van der Waals surface area contributed by atoms with Gasteiger partial charge in [-0.1, -0.05) is 46.8 Å². The number of rotatable bonds is 1. The maximum absolute atomic E-state index is 5.21. The van der Waals surface area contributed by atoms with Gasteiger partial charge in [0.05, 0.1) is 7.11 Å². The molecular weight excluding hydrogens is 184 g/mol. The van der Waals surface area contributed by atoms with Gasteiger partial charge in [0.15, 0.2) is 0 Å². The Bertz CT molecular complexity index is 295. The summed E-state index contributed by atoms with van der Waals surface area (Å²) in [6.07, 6.45) is 0. The third kappa shape index (κ3) is 3.94. The lowest BCUT2D eigenvalue weighted by Gasteiger charge is -2.20. The SMILES string of the molecule is CC.COc1ccc(C(C)(C)C)cc1C. The molecule has 0 N–H and O–H groups in total. The van der Waals surface area contributed by atoms with E-state index in [1.807, 2.05) is 19.9 Å². The second kappa shape index (κ2) is 5.79. The summed E-state index contributed by atoms with van der Waals surface area (Å²) in [6, 6.07) is 6.36. The number of aryl methyl sites for hydroxylation is 1. The molecule has 1 aromatic carbocycles. The van der Waals surface area contributed by atoms with E-state index in [1.54, 1.807) is 7.11 Å². The molecule has 1 aromatic rings. The van der Waals surface area contributed by atoms with Gasteiger partial charge in [-0.3, -0.25) is 0 Å². The highest BCUT2D eigenvalue weighted by atomic mass is 16.5. The van der Waals surface area contributed by atoms with E-state index in [1.165, 1.54) is 11.1 Å². The molecule has 0 heterocycles. The van der Waals surface area contributed by atoms with E-state index in [2.05, 4.69) is 39.8 Å². The number of ether oxygens (including phenoxy) is 1. The van der Waals surface area contributed by atoms with E-state index in [0.29, 0.717) is 0 Å². The van der Waals surface area contributed by atoms with E-state index in [4.69, 9.17) is 4.74 Å². The Morgan fingerprint density at radius 2 is 1.60 bits per heavy atom. The smallest absolute Gasteiger partial charge is 0.121 e. The Hall–Kier alpha value is -0.980. The van der Waals surface area contributed by atoms with Crippen molar-refractivity contribution in [3.8, 4) is 5.75 Å². The third-order valence-electron chi connectivity index (χ3n) is 2.26. The second-order valence-electron chi connectivity index (χ2n) is 4.43. The molecule has 0 aliphatic rings. The molecule has 1 nitrogen and oxygen atoms in total. The summed E-state index contributed by atoms with van der Waals surface area (Å²) in [5, 5.41) is 0. The van der Waals surface area contributed by atoms with E-state index in [-0.39, 0.29) is 5.41 Å². The van der Waals surface area contributed by atoms with Gasteiger partial charge in [-0.05, 0) is 29.5 Å². The van der Waals surface area contributed by atoms with Crippen molar-refractivity contribution < 1.29 is 4.74 Å². The standard InChI is InChI=1S/C12H18O.C2H6/c1-9-8-10(12(2,3)4)6-7-11(9)13-5;1-2/h6-8H,1-5H3;1-2H3. The summed E-state index contributed by atoms with van der Waals surface area (Å²) in [4.78, 5) is 0. The highest BCUT2D eigenvalue weighted by Gasteiger charge is 2.14. The first-order chi connectivity index (χ1) is 6.95. The van der Waals surface area contributed by atoms with Gasteiger partial charge in [0.1, 0.15) is 5.75 Å². The third-order valence-corrected chi connectivity index (χ3v) is 2.26. The van der Waals surface area contributed by atoms with Crippen molar-refractivity contribution in [3.05, 3.63) is 29.3 Å². The van der Waals surface area contributed by atoms with Crippen LogP contribution in [0.5, 0.6) is 5.75 Å². The monoisotopic (exact) mass is 208 g/mol. The van der Waals surface area contributed by atoms with Crippen molar-refractivity contribution in [1.82, 2.24) is 0 Å². The molecule has 0 fully saturated rings. The molecule has 0 unspecified atom stereocenters. The molecule has 0 spiro atoms. The van der Waals surface area contributed by atoms with Gasteiger partial charge in [-0.2, -0.15) is 0 Å². The van der Waals surface area contributed by atoms with Gasteiger partial charge < -0.3 is 4.74 Å². The Balaban J connectivity index is 0.000000921. The van der Waals surface area contributed by atoms with Crippen LogP contribution >= 0.6 is 0 Å². The first kappa shape index (κ1) is 14.0. The molecule has 0 bridgehead atoms. The predicted molar refractivity (Wildman–Crippen MR) is 67.8 cm³/mol. The normalized spacial score (nSPS) is 10.3. The molecule has 0 atom stereocenters. The zero-order valence-corrected chi connectivity index (χ0v) is 11.1. The van der Waals surface area contributed by atoms with Crippen LogP contribution in [0.1, 0.15) is 45.7 Å². The molecule has 15 heavy (non-hydrogen) atoms. The zero-order valence-electron chi connectivity index (χ0n) is 11.1. The largest absolute Gasteiger partial charge is 0.496 e.